The lowest BCUT2D eigenvalue weighted by molar-refractivity contribution is -0.274. The van der Waals surface area contributed by atoms with Gasteiger partial charge in [-0.1, -0.05) is 30.3 Å². The highest BCUT2D eigenvalue weighted by molar-refractivity contribution is 5.92. The van der Waals surface area contributed by atoms with Gasteiger partial charge in [-0.05, 0) is 29.8 Å². The van der Waals surface area contributed by atoms with Crippen molar-refractivity contribution in [2.75, 3.05) is 11.9 Å². The molecule has 0 aliphatic rings. The maximum atomic E-state index is 12.1. The Morgan fingerprint density at radius 1 is 1.00 bits per heavy atom. The molecule has 0 saturated heterocycles. The number of ether oxygens (including phenoxy) is 2. The van der Waals surface area contributed by atoms with Gasteiger partial charge in [0.1, 0.15) is 5.75 Å². The predicted molar refractivity (Wildman–Crippen MR) is 100 cm³/mol. The Morgan fingerprint density at radius 3 is 2.20 bits per heavy atom. The summed E-state index contributed by atoms with van der Waals surface area (Å²) in [6, 6.07) is 12.7. The lowest BCUT2D eigenvalue weighted by Crippen LogP contribution is -2.29. The summed E-state index contributed by atoms with van der Waals surface area (Å²) in [5.74, 6) is -2.14. The second-order valence-corrected chi connectivity index (χ2v) is 6.15. The summed E-state index contributed by atoms with van der Waals surface area (Å²) >= 11 is 0. The van der Waals surface area contributed by atoms with Gasteiger partial charge >= 0.3 is 12.3 Å². The van der Waals surface area contributed by atoms with Crippen molar-refractivity contribution in [1.82, 2.24) is 5.32 Å². The molecule has 2 aromatic rings. The van der Waals surface area contributed by atoms with Crippen molar-refractivity contribution in [3.05, 3.63) is 60.2 Å². The van der Waals surface area contributed by atoms with Gasteiger partial charge in [0.05, 0.1) is 12.5 Å². The topological polar surface area (TPSA) is 93.7 Å². The van der Waals surface area contributed by atoms with Gasteiger partial charge in [-0.25, -0.2) is 0 Å². The molecule has 0 fully saturated rings. The molecule has 0 aromatic heterocycles. The van der Waals surface area contributed by atoms with Crippen LogP contribution in [0.25, 0.3) is 0 Å². The number of alkyl halides is 3. The van der Waals surface area contributed by atoms with Crippen LogP contribution in [-0.2, 0) is 19.1 Å². The molecule has 0 aliphatic heterocycles. The van der Waals surface area contributed by atoms with E-state index in [0.717, 1.165) is 12.1 Å². The second kappa shape index (κ2) is 10.3. The minimum atomic E-state index is -4.81. The average molecular weight is 424 g/mol. The molecule has 160 valence electrons. The van der Waals surface area contributed by atoms with E-state index in [4.69, 9.17) is 4.74 Å². The first-order valence-electron chi connectivity index (χ1n) is 8.76. The Morgan fingerprint density at radius 2 is 1.63 bits per heavy atom. The van der Waals surface area contributed by atoms with Gasteiger partial charge in [0, 0.05) is 12.6 Å². The van der Waals surface area contributed by atoms with Crippen molar-refractivity contribution in [3.63, 3.8) is 0 Å². The molecule has 2 amide bonds. The van der Waals surface area contributed by atoms with Crippen LogP contribution >= 0.6 is 0 Å². The summed E-state index contributed by atoms with van der Waals surface area (Å²) in [6.07, 6.45) is -4.99. The average Bonchev–Trinajstić information content (AvgIpc) is 2.67. The molecule has 7 nitrogen and oxygen atoms in total. The third-order valence-corrected chi connectivity index (χ3v) is 3.69. The van der Waals surface area contributed by atoms with E-state index in [1.165, 1.54) is 19.1 Å². The van der Waals surface area contributed by atoms with Crippen molar-refractivity contribution in [2.24, 2.45) is 0 Å². The van der Waals surface area contributed by atoms with Crippen molar-refractivity contribution in [1.29, 1.82) is 0 Å². The standard InChI is InChI=1S/C20H19F3N2O5/c1-13(26)24-17(14-5-3-2-4-6-14)11-19(28)29-12-18(27)25-15-7-9-16(10-8-15)30-20(21,22)23/h2-10,17H,11-12H2,1H3,(H,24,26)(H,25,27)/t17-/m1/s1. The number of carbonyl (C=O) groups excluding carboxylic acids is 3. The van der Waals surface area contributed by atoms with E-state index in [0.29, 0.717) is 5.56 Å². The first-order valence-corrected chi connectivity index (χ1v) is 8.76. The summed E-state index contributed by atoms with van der Waals surface area (Å²) in [4.78, 5) is 35.3. The molecule has 1 atom stereocenters. The molecule has 0 spiro atoms. The van der Waals surface area contributed by atoms with E-state index < -0.39 is 36.6 Å². The monoisotopic (exact) mass is 424 g/mol. The maximum Gasteiger partial charge on any atom is 0.573 e. The zero-order chi connectivity index (χ0) is 22.1. The van der Waals surface area contributed by atoms with E-state index in [-0.39, 0.29) is 18.0 Å². The van der Waals surface area contributed by atoms with Crippen molar-refractivity contribution >= 4 is 23.5 Å². The van der Waals surface area contributed by atoms with Crippen LogP contribution in [0.1, 0.15) is 24.9 Å². The number of halogens is 3. The van der Waals surface area contributed by atoms with E-state index >= 15 is 0 Å². The molecule has 30 heavy (non-hydrogen) atoms. The summed E-state index contributed by atoms with van der Waals surface area (Å²) in [7, 11) is 0. The Bertz CT molecular complexity index is 870. The zero-order valence-corrected chi connectivity index (χ0v) is 15.9. The van der Waals surface area contributed by atoms with Crippen LogP contribution in [0.15, 0.2) is 54.6 Å². The van der Waals surface area contributed by atoms with Crippen LogP contribution < -0.4 is 15.4 Å². The molecular formula is C20H19F3N2O5. The molecule has 2 rings (SSSR count). The third kappa shape index (κ3) is 8.21. The van der Waals surface area contributed by atoms with E-state index in [2.05, 4.69) is 15.4 Å². The van der Waals surface area contributed by atoms with Crippen LogP contribution in [-0.4, -0.2) is 30.8 Å². The molecule has 10 heteroatoms. The number of carbonyl (C=O) groups is 3. The number of nitrogens with one attached hydrogen (secondary N) is 2. The van der Waals surface area contributed by atoms with Crippen LogP contribution in [0.2, 0.25) is 0 Å². The van der Waals surface area contributed by atoms with Gasteiger partial charge < -0.3 is 20.1 Å². The molecule has 0 radical (unpaired) electrons. The quantitative estimate of drug-likeness (QED) is 0.634. The largest absolute Gasteiger partial charge is 0.573 e. The minimum absolute atomic E-state index is 0.180. The molecular weight excluding hydrogens is 405 g/mol. The van der Waals surface area contributed by atoms with Crippen LogP contribution in [0.5, 0.6) is 5.75 Å². The minimum Gasteiger partial charge on any atom is -0.455 e. The van der Waals surface area contributed by atoms with Gasteiger partial charge in [0.2, 0.25) is 5.91 Å². The number of hydrogen-bond acceptors (Lipinski definition) is 5. The Labute approximate surface area is 170 Å². The smallest absolute Gasteiger partial charge is 0.455 e. The highest BCUT2D eigenvalue weighted by atomic mass is 19.4. The molecule has 2 N–H and O–H groups in total. The first-order chi connectivity index (χ1) is 14.1. The van der Waals surface area contributed by atoms with E-state index in [9.17, 15) is 27.6 Å². The fraction of sp³-hybridized carbons (Fsp3) is 0.250. The predicted octanol–water partition coefficient (Wildman–Crippen LogP) is 3.33. The van der Waals surface area contributed by atoms with Gasteiger partial charge in [-0.3, -0.25) is 14.4 Å². The number of anilines is 1. The van der Waals surface area contributed by atoms with Gasteiger partial charge in [-0.2, -0.15) is 0 Å². The number of benzene rings is 2. The molecule has 2 aromatic carbocycles. The zero-order valence-electron chi connectivity index (χ0n) is 15.9. The number of amides is 2. The van der Waals surface area contributed by atoms with Crippen molar-refractivity contribution in [2.45, 2.75) is 25.7 Å². The first kappa shape index (κ1) is 22.7. The molecule has 0 saturated carbocycles. The van der Waals surface area contributed by atoms with Crippen molar-refractivity contribution < 1.29 is 37.0 Å². The van der Waals surface area contributed by atoms with Crippen molar-refractivity contribution in [3.8, 4) is 5.75 Å². The Hall–Kier alpha value is -3.56. The highest BCUT2D eigenvalue weighted by Crippen LogP contribution is 2.24. The Balaban J connectivity index is 1.84. The van der Waals surface area contributed by atoms with Gasteiger partial charge in [0.15, 0.2) is 6.61 Å². The lowest BCUT2D eigenvalue weighted by Gasteiger charge is -2.17. The van der Waals surface area contributed by atoms with Crippen LogP contribution in [0.3, 0.4) is 0 Å². The fourth-order valence-corrected chi connectivity index (χ4v) is 2.49. The van der Waals surface area contributed by atoms with Crippen LogP contribution in [0.4, 0.5) is 18.9 Å². The van der Waals surface area contributed by atoms with Gasteiger partial charge in [0.25, 0.3) is 5.91 Å². The summed E-state index contributed by atoms with van der Waals surface area (Å²) in [5.41, 5.74) is 0.904. The summed E-state index contributed by atoms with van der Waals surface area (Å²) in [5, 5.41) is 5.03. The SMILES string of the molecule is CC(=O)N[C@H](CC(=O)OCC(=O)Nc1ccc(OC(F)(F)F)cc1)c1ccccc1. The Kier molecular flexibility index (Phi) is 7.79. The molecule has 0 unspecified atom stereocenters. The lowest BCUT2D eigenvalue weighted by atomic mass is 10.0. The fourth-order valence-electron chi connectivity index (χ4n) is 2.49. The summed E-state index contributed by atoms with van der Waals surface area (Å²) < 4.78 is 45.1. The maximum absolute atomic E-state index is 12.1. The van der Waals surface area contributed by atoms with E-state index in [1.807, 2.05) is 0 Å². The van der Waals surface area contributed by atoms with E-state index in [1.54, 1.807) is 30.3 Å². The number of hydrogen-bond donors (Lipinski definition) is 2. The third-order valence-electron chi connectivity index (χ3n) is 3.69. The number of esters is 1. The molecule has 0 aliphatic carbocycles. The molecule has 0 heterocycles. The normalized spacial score (nSPS) is 11.9. The highest BCUT2D eigenvalue weighted by Gasteiger charge is 2.31. The van der Waals surface area contributed by atoms with Crippen LogP contribution in [0, 0.1) is 0 Å². The number of rotatable bonds is 8. The summed E-state index contributed by atoms with van der Waals surface area (Å²) in [6.45, 7) is 0.723. The molecule has 0 bridgehead atoms. The van der Waals surface area contributed by atoms with Gasteiger partial charge in [-0.15, -0.1) is 13.2 Å². The second-order valence-electron chi connectivity index (χ2n) is 6.15.